The molecule has 1 aliphatic rings. The number of likely N-dealkylation sites (tertiary alicyclic amines) is 1. The number of rotatable bonds is 3. The van der Waals surface area contributed by atoms with Crippen LogP contribution < -0.4 is 5.32 Å². The molecule has 1 fully saturated rings. The van der Waals surface area contributed by atoms with Gasteiger partial charge in [0.25, 0.3) is 5.91 Å². The molecule has 1 amide bonds. The number of hydrogen-bond donors (Lipinski definition) is 2. The van der Waals surface area contributed by atoms with E-state index in [4.69, 9.17) is 0 Å². The van der Waals surface area contributed by atoms with E-state index in [1.165, 1.54) is 0 Å². The Morgan fingerprint density at radius 2 is 1.92 bits per heavy atom. The van der Waals surface area contributed by atoms with Crippen LogP contribution in [0.5, 0.6) is 0 Å². The second kappa shape index (κ2) is 5.96. The summed E-state index contributed by atoms with van der Waals surface area (Å²) >= 11 is 0. The van der Waals surface area contributed by atoms with E-state index in [9.17, 15) is 4.79 Å². The number of H-pyrrole nitrogens is 1. The molecule has 1 aliphatic heterocycles. The van der Waals surface area contributed by atoms with Crippen molar-refractivity contribution in [3.05, 3.63) is 47.8 Å². The molecule has 6 nitrogen and oxygen atoms in total. The van der Waals surface area contributed by atoms with Crippen LogP contribution in [0.4, 0.5) is 11.5 Å². The first kappa shape index (κ1) is 14.7. The van der Waals surface area contributed by atoms with E-state index in [1.54, 1.807) is 6.20 Å². The largest absolute Gasteiger partial charge is 0.340 e. The summed E-state index contributed by atoms with van der Waals surface area (Å²) in [5.74, 6) is 0.877. The van der Waals surface area contributed by atoms with Gasteiger partial charge in [-0.05, 0) is 50.1 Å². The lowest BCUT2D eigenvalue weighted by atomic mass is 10.1. The van der Waals surface area contributed by atoms with Crippen molar-refractivity contribution in [2.24, 2.45) is 0 Å². The number of carbonyl (C=O) groups is 1. The predicted octanol–water partition coefficient (Wildman–Crippen LogP) is 3.25. The predicted molar refractivity (Wildman–Crippen MR) is 93.5 cm³/mol. The van der Waals surface area contributed by atoms with Crippen LogP contribution in [0.2, 0.25) is 0 Å². The summed E-state index contributed by atoms with van der Waals surface area (Å²) in [7, 11) is 0. The van der Waals surface area contributed by atoms with Gasteiger partial charge in [0.2, 0.25) is 0 Å². The lowest BCUT2D eigenvalue weighted by molar-refractivity contribution is 0.0793. The van der Waals surface area contributed by atoms with Gasteiger partial charge in [-0.1, -0.05) is 0 Å². The van der Waals surface area contributed by atoms with Crippen LogP contribution in [0.1, 0.15) is 28.9 Å². The highest BCUT2D eigenvalue weighted by Crippen LogP contribution is 2.25. The number of amides is 1. The Morgan fingerprint density at radius 3 is 2.67 bits per heavy atom. The van der Waals surface area contributed by atoms with E-state index in [0.717, 1.165) is 59.6 Å². The molecule has 0 aliphatic carbocycles. The van der Waals surface area contributed by atoms with Crippen molar-refractivity contribution in [1.29, 1.82) is 0 Å². The highest BCUT2D eigenvalue weighted by Gasteiger charge is 2.19. The highest BCUT2D eigenvalue weighted by molar-refractivity contribution is 5.95. The van der Waals surface area contributed by atoms with Crippen molar-refractivity contribution in [2.45, 2.75) is 19.8 Å². The first-order chi connectivity index (χ1) is 11.7. The fraction of sp³-hybridized carbons (Fsp3) is 0.278. The van der Waals surface area contributed by atoms with Crippen molar-refractivity contribution in [2.75, 3.05) is 18.4 Å². The Bertz CT molecular complexity index is 878. The lowest BCUT2D eigenvalue weighted by Crippen LogP contribution is -2.27. The van der Waals surface area contributed by atoms with Crippen molar-refractivity contribution in [3.8, 4) is 0 Å². The molecular formula is C18H19N5O. The van der Waals surface area contributed by atoms with Crippen molar-refractivity contribution < 1.29 is 4.79 Å². The van der Waals surface area contributed by atoms with Gasteiger partial charge in [0.05, 0.1) is 10.9 Å². The van der Waals surface area contributed by atoms with Crippen molar-refractivity contribution in [1.82, 2.24) is 20.1 Å². The fourth-order valence-corrected chi connectivity index (χ4v) is 3.14. The van der Waals surface area contributed by atoms with E-state index in [1.807, 2.05) is 42.2 Å². The van der Waals surface area contributed by atoms with Crippen LogP contribution in [0.15, 0.2) is 36.5 Å². The number of aromatic nitrogens is 3. The standard InChI is InChI=1S/C18H19N5O/c1-12-16-15(22-21-12)8-9-19-17(16)20-14-6-4-13(5-7-14)18(24)23-10-2-3-11-23/h4-9H,2-3,10-11H2,1H3,(H,19,20)(H,21,22). The summed E-state index contributed by atoms with van der Waals surface area (Å²) in [6.07, 6.45) is 3.94. The molecule has 0 radical (unpaired) electrons. The Morgan fingerprint density at radius 1 is 1.17 bits per heavy atom. The molecule has 2 N–H and O–H groups in total. The monoisotopic (exact) mass is 321 g/mol. The molecule has 0 spiro atoms. The Kier molecular flexibility index (Phi) is 3.65. The van der Waals surface area contributed by atoms with Gasteiger partial charge in [0.1, 0.15) is 5.82 Å². The van der Waals surface area contributed by atoms with Crippen LogP contribution in [0, 0.1) is 6.92 Å². The summed E-state index contributed by atoms with van der Waals surface area (Å²) in [4.78, 5) is 18.7. The van der Waals surface area contributed by atoms with E-state index in [2.05, 4.69) is 20.5 Å². The van der Waals surface area contributed by atoms with Gasteiger partial charge in [-0.25, -0.2) is 4.98 Å². The zero-order valence-corrected chi connectivity index (χ0v) is 13.5. The van der Waals surface area contributed by atoms with Crippen molar-refractivity contribution in [3.63, 3.8) is 0 Å². The van der Waals surface area contributed by atoms with Crippen molar-refractivity contribution >= 4 is 28.3 Å². The molecule has 3 heterocycles. The molecule has 1 saturated heterocycles. The van der Waals surface area contributed by atoms with E-state index < -0.39 is 0 Å². The van der Waals surface area contributed by atoms with Gasteiger partial charge in [0, 0.05) is 36.2 Å². The fourth-order valence-electron chi connectivity index (χ4n) is 3.14. The van der Waals surface area contributed by atoms with E-state index >= 15 is 0 Å². The number of pyridine rings is 1. The summed E-state index contributed by atoms with van der Waals surface area (Å²) < 4.78 is 0. The Hall–Kier alpha value is -2.89. The molecule has 122 valence electrons. The van der Waals surface area contributed by atoms with E-state index in [-0.39, 0.29) is 5.91 Å². The molecule has 2 aromatic heterocycles. The third-order valence-corrected chi connectivity index (χ3v) is 4.44. The molecule has 24 heavy (non-hydrogen) atoms. The zero-order valence-electron chi connectivity index (χ0n) is 13.5. The molecule has 4 rings (SSSR count). The van der Waals surface area contributed by atoms with Crippen LogP contribution in [-0.2, 0) is 0 Å². The molecule has 3 aromatic rings. The summed E-state index contributed by atoms with van der Waals surface area (Å²) in [6, 6.07) is 9.44. The minimum absolute atomic E-state index is 0.116. The number of fused-ring (bicyclic) bond motifs is 1. The number of aromatic amines is 1. The molecular weight excluding hydrogens is 302 g/mol. The van der Waals surface area contributed by atoms with E-state index in [0.29, 0.717) is 0 Å². The molecule has 0 bridgehead atoms. The lowest BCUT2D eigenvalue weighted by Gasteiger charge is -2.15. The van der Waals surface area contributed by atoms with Crippen LogP contribution >= 0.6 is 0 Å². The number of benzene rings is 1. The third kappa shape index (κ3) is 2.60. The maximum Gasteiger partial charge on any atom is 0.253 e. The zero-order chi connectivity index (χ0) is 16.5. The molecule has 0 unspecified atom stereocenters. The quantitative estimate of drug-likeness (QED) is 0.776. The summed E-state index contributed by atoms with van der Waals surface area (Å²) in [5.41, 5.74) is 3.48. The number of carbonyl (C=O) groups excluding carboxylic acids is 1. The maximum atomic E-state index is 12.4. The molecule has 0 atom stereocenters. The van der Waals surface area contributed by atoms with Crippen LogP contribution in [0.3, 0.4) is 0 Å². The van der Waals surface area contributed by atoms with Gasteiger partial charge in [0.15, 0.2) is 0 Å². The number of nitrogens with zero attached hydrogens (tertiary/aromatic N) is 3. The Labute approximate surface area is 139 Å². The maximum absolute atomic E-state index is 12.4. The average molecular weight is 321 g/mol. The highest BCUT2D eigenvalue weighted by atomic mass is 16.2. The normalized spacial score (nSPS) is 14.3. The molecule has 0 saturated carbocycles. The van der Waals surface area contributed by atoms with Crippen LogP contribution in [0.25, 0.3) is 10.9 Å². The molecule has 6 heteroatoms. The second-order valence-corrected chi connectivity index (χ2v) is 6.10. The topological polar surface area (TPSA) is 73.9 Å². The Balaban J connectivity index is 1.56. The minimum atomic E-state index is 0.116. The average Bonchev–Trinajstić information content (AvgIpc) is 3.26. The first-order valence-corrected chi connectivity index (χ1v) is 8.18. The number of anilines is 2. The first-order valence-electron chi connectivity index (χ1n) is 8.18. The second-order valence-electron chi connectivity index (χ2n) is 6.10. The van der Waals surface area contributed by atoms with Gasteiger partial charge in [-0.2, -0.15) is 5.10 Å². The van der Waals surface area contributed by atoms with Gasteiger partial charge in [-0.15, -0.1) is 0 Å². The minimum Gasteiger partial charge on any atom is -0.340 e. The van der Waals surface area contributed by atoms with Gasteiger partial charge < -0.3 is 10.2 Å². The van der Waals surface area contributed by atoms with Crippen LogP contribution in [-0.4, -0.2) is 39.1 Å². The summed E-state index contributed by atoms with van der Waals surface area (Å²) in [5, 5.41) is 11.5. The number of nitrogens with one attached hydrogen (secondary N) is 2. The third-order valence-electron chi connectivity index (χ3n) is 4.44. The SMILES string of the molecule is Cc1[nH]nc2ccnc(Nc3ccc(C(=O)N4CCCC4)cc3)c12. The smallest absolute Gasteiger partial charge is 0.253 e. The molecule has 1 aromatic carbocycles. The number of aryl methyl sites for hydroxylation is 1. The number of hydrogen-bond acceptors (Lipinski definition) is 4. The summed E-state index contributed by atoms with van der Waals surface area (Å²) in [6.45, 7) is 3.70. The van der Waals surface area contributed by atoms with Gasteiger partial charge in [-0.3, -0.25) is 9.89 Å². The van der Waals surface area contributed by atoms with Gasteiger partial charge >= 0.3 is 0 Å².